The lowest BCUT2D eigenvalue weighted by atomic mass is 10.1. The van der Waals surface area contributed by atoms with Crippen LogP contribution in [0.1, 0.15) is 92.0 Å². The Labute approximate surface area is 293 Å². The number of hydrogen-bond acceptors (Lipinski definition) is 6. The van der Waals surface area contributed by atoms with Gasteiger partial charge >= 0.3 is 0 Å². The monoisotopic (exact) mass is 676 g/mol. The molecule has 0 atom stereocenters. The van der Waals surface area contributed by atoms with Crippen molar-refractivity contribution in [1.82, 2.24) is 10.2 Å². The number of carbonyl (C=O) groups excluding carboxylic acids is 2. The first-order valence-electron chi connectivity index (χ1n) is 18.0. The van der Waals surface area contributed by atoms with E-state index in [0.717, 1.165) is 72.3 Å². The fourth-order valence-corrected chi connectivity index (χ4v) is 7.47. The number of alkyl halides is 1. The fraction of sp³-hybridized carbons (Fsp3) is 0.590. The maximum absolute atomic E-state index is 12.3. The molecule has 2 aromatic rings. The summed E-state index contributed by atoms with van der Waals surface area (Å²) in [5.41, 5.74) is 7.51. The third-order valence-corrected chi connectivity index (χ3v) is 9.94. The van der Waals surface area contributed by atoms with E-state index in [1.807, 2.05) is 52.8 Å². The van der Waals surface area contributed by atoms with Crippen LogP contribution in [-0.4, -0.2) is 67.0 Å². The molecule has 0 bridgehead atoms. The molecule has 2 aromatic carbocycles. The zero-order valence-corrected chi connectivity index (χ0v) is 30.6. The SMILES string of the molecule is C1CCC(C2=NCCN2)C1.Cc1cc(C)c(NC(=O)CCCl)c(C)c1.Cc1cccc(C)c1NC(=O)CCN1CCN=C1C1CCCC1. The molecule has 2 amide bonds. The molecule has 0 spiro atoms. The van der Waals surface area contributed by atoms with Gasteiger partial charge in [-0.15, -0.1) is 11.6 Å². The number of amides is 2. The quantitative estimate of drug-likeness (QED) is 0.235. The van der Waals surface area contributed by atoms with Crippen molar-refractivity contribution in [3.63, 3.8) is 0 Å². The lowest BCUT2D eigenvalue weighted by Gasteiger charge is -2.24. The van der Waals surface area contributed by atoms with Crippen LogP contribution in [-0.2, 0) is 9.59 Å². The van der Waals surface area contributed by atoms with Gasteiger partial charge in [-0.1, -0.05) is 61.6 Å². The maximum atomic E-state index is 12.3. The van der Waals surface area contributed by atoms with Gasteiger partial charge in [0.1, 0.15) is 5.84 Å². The fourth-order valence-electron chi connectivity index (χ4n) is 7.30. The number of hydrogen-bond donors (Lipinski definition) is 3. The van der Waals surface area contributed by atoms with Gasteiger partial charge in [0, 0.05) is 61.6 Å². The Morgan fingerprint density at radius 3 is 1.92 bits per heavy atom. The van der Waals surface area contributed by atoms with E-state index in [0.29, 0.717) is 24.6 Å². The molecule has 4 aliphatic rings. The number of nitrogens with zero attached hydrogens (tertiary/aromatic N) is 3. The molecule has 2 fully saturated rings. The Bertz CT molecular complexity index is 1400. The summed E-state index contributed by atoms with van der Waals surface area (Å²) in [4.78, 5) is 35.2. The predicted molar refractivity (Wildman–Crippen MR) is 202 cm³/mol. The van der Waals surface area contributed by atoms with Crippen LogP contribution in [0.15, 0.2) is 40.3 Å². The normalized spacial score (nSPS) is 17.5. The lowest BCUT2D eigenvalue weighted by Crippen LogP contribution is -2.34. The molecule has 0 saturated heterocycles. The highest BCUT2D eigenvalue weighted by atomic mass is 35.5. The van der Waals surface area contributed by atoms with E-state index in [1.54, 1.807) is 0 Å². The second kappa shape index (κ2) is 19.0. The minimum Gasteiger partial charge on any atom is -0.372 e. The van der Waals surface area contributed by atoms with Crippen molar-refractivity contribution >= 4 is 46.5 Å². The van der Waals surface area contributed by atoms with Crippen LogP contribution in [0, 0.1) is 46.5 Å². The summed E-state index contributed by atoms with van der Waals surface area (Å²) in [6.07, 6.45) is 11.6. The first-order valence-corrected chi connectivity index (χ1v) is 18.6. The number of aryl methyl sites for hydroxylation is 5. The summed E-state index contributed by atoms with van der Waals surface area (Å²) < 4.78 is 0. The van der Waals surface area contributed by atoms with E-state index in [2.05, 4.69) is 38.0 Å². The van der Waals surface area contributed by atoms with E-state index in [-0.39, 0.29) is 11.8 Å². The van der Waals surface area contributed by atoms with Gasteiger partial charge in [0.05, 0.1) is 18.9 Å². The third-order valence-electron chi connectivity index (χ3n) is 9.75. The molecule has 8 nitrogen and oxygen atoms in total. The Kier molecular flexibility index (Phi) is 14.8. The Morgan fingerprint density at radius 1 is 0.792 bits per heavy atom. The van der Waals surface area contributed by atoms with E-state index in [4.69, 9.17) is 16.6 Å². The molecular weight excluding hydrogens is 620 g/mol. The van der Waals surface area contributed by atoms with Crippen LogP contribution in [0.25, 0.3) is 0 Å². The van der Waals surface area contributed by atoms with E-state index < -0.39 is 0 Å². The van der Waals surface area contributed by atoms with Gasteiger partial charge in [0.15, 0.2) is 0 Å². The van der Waals surface area contributed by atoms with Crippen molar-refractivity contribution in [3.05, 3.63) is 58.1 Å². The summed E-state index contributed by atoms with van der Waals surface area (Å²) in [6.45, 7) is 14.8. The van der Waals surface area contributed by atoms with Crippen LogP contribution in [0.2, 0.25) is 0 Å². The summed E-state index contributed by atoms with van der Waals surface area (Å²) in [5, 5.41) is 9.31. The number of anilines is 2. The van der Waals surface area contributed by atoms with Gasteiger partial charge in [-0.05, 0) is 82.6 Å². The summed E-state index contributed by atoms with van der Waals surface area (Å²) in [7, 11) is 0. The highest BCUT2D eigenvalue weighted by molar-refractivity contribution is 6.19. The van der Waals surface area contributed by atoms with E-state index in [1.165, 1.54) is 68.6 Å². The van der Waals surface area contributed by atoms with Gasteiger partial charge in [-0.25, -0.2) is 0 Å². The number of benzene rings is 2. The first kappa shape index (κ1) is 37.4. The molecule has 2 heterocycles. The van der Waals surface area contributed by atoms with Gasteiger partial charge in [0.2, 0.25) is 11.8 Å². The van der Waals surface area contributed by atoms with Crippen LogP contribution >= 0.6 is 11.6 Å². The predicted octanol–water partition coefficient (Wildman–Crippen LogP) is 7.89. The summed E-state index contributed by atoms with van der Waals surface area (Å²) >= 11 is 5.51. The van der Waals surface area contributed by atoms with Gasteiger partial charge < -0.3 is 20.9 Å². The van der Waals surface area contributed by atoms with Crippen molar-refractivity contribution < 1.29 is 9.59 Å². The number of rotatable bonds is 9. The van der Waals surface area contributed by atoms with Crippen molar-refractivity contribution in [1.29, 1.82) is 0 Å². The van der Waals surface area contributed by atoms with Crippen molar-refractivity contribution in [2.45, 2.75) is 98.8 Å². The molecule has 0 unspecified atom stereocenters. The van der Waals surface area contributed by atoms with E-state index in [9.17, 15) is 9.59 Å². The third kappa shape index (κ3) is 11.1. The average Bonchev–Trinajstić information content (AvgIpc) is 3.88. The van der Waals surface area contributed by atoms with Crippen LogP contribution < -0.4 is 16.0 Å². The van der Waals surface area contributed by atoms with Crippen LogP contribution in [0.4, 0.5) is 11.4 Å². The Balaban J connectivity index is 0.000000178. The molecule has 2 aliphatic carbocycles. The maximum Gasteiger partial charge on any atom is 0.226 e. The summed E-state index contributed by atoms with van der Waals surface area (Å²) in [5.74, 6) is 4.43. The van der Waals surface area contributed by atoms with Gasteiger partial charge in [-0.2, -0.15) is 0 Å². The number of aliphatic imine (C=N–C) groups is 2. The average molecular weight is 677 g/mol. The molecule has 2 saturated carbocycles. The van der Waals surface area contributed by atoms with Crippen LogP contribution in [0.3, 0.4) is 0 Å². The topological polar surface area (TPSA) is 98.2 Å². The van der Waals surface area contributed by atoms with Crippen molar-refractivity contribution in [2.75, 3.05) is 49.2 Å². The lowest BCUT2D eigenvalue weighted by molar-refractivity contribution is -0.117. The second-order valence-electron chi connectivity index (χ2n) is 13.7. The number of amidine groups is 2. The smallest absolute Gasteiger partial charge is 0.226 e. The largest absolute Gasteiger partial charge is 0.372 e. The molecule has 0 radical (unpaired) electrons. The van der Waals surface area contributed by atoms with Crippen molar-refractivity contribution in [2.24, 2.45) is 21.8 Å². The Hall–Kier alpha value is -3.39. The summed E-state index contributed by atoms with van der Waals surface area (Å²) in [6, 6.07) is 10.2. The highest BCUT2D eigenvalue weighted by Gasteiger charge is 2.28. The number of nitrogens with one attached hydrogen (secondary N) is 3. The first-order chi connectivity index (χ1) is 23.2. The molecule has 3 N–H and O–H groups in total. The standard InChI is InChI=1S/C19H27N3O.C12H16ClNO.C8H14N2/c1-14-6-5-7-15(2)18(14)21-17(23)10-12-22-13-11-20-19(22)16-8-3-4-9-16;1-8-6-9(2)12(10(3)7-8)14-11(15)4-5-13;1-2-4-7(3-1)8-9-5-6-10-8/h5-7,16H,3-4,8-13H2,1-2H3,(H,21,23);6-7H,4-5H2,1-3H3,(H,14,15);7H,1-6H2,(H,9,10). The molecule has 0 aromatic heterocycles. The zero-order chi connectivity index (χ0) is 34.5. The minimum absolute atomic E-state index is 0.0277. The highest BCUT2D eigenvalue weighted by Crippen LogP contribution is 2.29. The second-order valence-corrected chi connectivity index (χ2v) is 14.1. The molecule has 2 aliphatic heterocycles. The minimum atomic E-state index is -0.0277. The molecular formula is C39H57ClN6O2. The van der Waals surface area contributed by atoms with Gasteiger partial charge in [-0.3, -0.25) is 19.6 Å². The number of para-hydroxylation sites is 1. The zero-order valence-electron chi connectivity index (χ0n) is 29.9. The van der Waals surface area contributed by atoms with Crippen molar-refractivity contribution in [3.8, 4) is 0 Å². The number of halogens is 1. The molecule has 9 heteroatoms. The molecule has 6 rings (SSSR count). The molecule has 262 valence electrons. The molecule has 48 heavy (non-hydrogen) atoms. The van der Waals surface area contributed by atoms with E-state index >= 15 is 0 Å². The number of carbonyl (C=O) groups is 2. The Morgan fingerprint density at radius 2 is 1.35 bits per heavy atom. The van der Waals surface area contributed by atoms with Gasteiger partial charge in [0.25, 0.3) is 0 Å². The van der Waals surface area contributed by atoms with Crippen LogP contribution in [0.5, 0.6) is 0 Å².